The molecule has 2 rings (SSSR count). The van der Waals surface area contributed by atoms with E-state index >= 15 is 0 Å². The molecule has 7 heteroatoms. The molecule has 116 valence electrons. The lowest BCUT2D eigenvalue weighted by molar-refractivity contribution is -0.141. The van der Waals surface area contributed by atoms with Crippen LogP contribution in [0.3, 0.4) is 0 Å². The van der Waals surface area contributed by atoms with E-state index in [0.717, 1.165) is 31.5 Å². The van der Waals surface area contributed by atoms with Gasteiger partial charge in [-0.2, -0.15) is 5.10 Å². The number of aromatic nitrogens is 3. The second-order valence-corrected chi connectivity index (χ2v) is 5.32. The van der Waals surface area contributed by atoms with Crippen molar-refractivity contribution in [3.63, 3.8) is 0 Å². The Balaban J connectivity index is 1.79. The first-order valence-corrected chi connectivity index (χ1v) is 7.60. The third-order valence-electron chi connectivity index (χ3n) is 3.94. The van der Waals surface area contributed by atoms with Gasteiger partial charge in [-0.15, -0.1) is 0 Å². The number of hydrogen-bond donors (Lipinski definition) is 2. The average Bonchev–Trinajstić information content (AvgIpc) is 3.08. The monoisotopic (exact) mass is 293 g/mol. The van der Waals surface area contributed by atoms with E-state index < -0.39 is 0 Å². The predicted molar refractivity (Wildman–Crippen MR) is 77.3 cm³/mol. The molecule has 1 aromatic heterocycles. The van der Waals surface area contributed by atoms with Crippen molar-refractivity contribution < 1.29 is 9.59 Å². The van der Waals surface area contributed by atoms with Crippen LogP contribution in [0.1, 0.15) is 45.4 Å². The number of nitrogens with zero attached hydrogens (tertiary/aromatic N) is 3. The van der Waals surface area contributed by atoms with Crippen molar-refractivity contribution in [3.8, 4) is 0 Å². The number of likely N-dealkylation sites (tertiary alicyclic amines) is 1. The van der Waals surface area contributed by atoms with Crippen LogP contribution in [0.25, 0.3) is 0 Å². The van der Waals surface area contributed by atoms with Crippen LogP contribution in [0.2, 0.25) is 0 Å². The Morgan fingerprint density at radius 1 is 1.43 bits per heavy atom. The van der Waals surface area contributed by atoms with E-state index in [9.17, 15) is 9.59 Å². The second-order valence-electron chi connectivity index (χ2n) is 5.32. The van der Waals surface area contributed by atoms with Crippen molar-refractivity contribution in [2.45, 2.75) is 58.0 Å². The molecule has 21 heavy (non-hydrogen) atoms. The first-order valence-electron chi connectivity index (χ1n) is 7.60. The molecule has 7 nitrogen and oxygen atoms in total. The van der Waals surface area contributed by atoms with Crippen molar-refractivity contribution in [3.05, 3.63) is 12.2 Å². The molecule has 1 unspecified atom stereocenters. The van der Waals surface area contributed by atoms with Gasteiger partial charge in [-0.25, -0.2) is 4.98 Å². The first-order chi connectivity index (χ1) is 10.2. The molecular formula is C14H23N5O2. The minimum Gasteiger partial charge on any atom is -0.305 e. The zero-order chi connectivity index (χ0) is 15.2. The van der Waals surface area contributed by atoms with E-state index in [4.69, 9.17) is 0 Å². The largest absolute Gasteiger partial charge is 0.305 e. The minimum atomic E-state index is -0.368. The molecule has 2 amide bonds. The molecule has 2 heterocycles. The summed E-state index contributed by atoms with van der Waals surface area (Å²) in [5.74, 6) is 0.707. The number of carbonyl (C=O) groups is 2. The first kappa shape index (κ1) is 15.6. The molecule has 1 aliphatic heterocycles. The van der Waals surface area contributed by atoms with Gasteiger partial charge in [0.15, 0.2) is 0 Å². The van der Waals surface area contributed by atoms with E-state index in [1.54, 1.807) is 0 Å². The van der Waals surface area contributed by atoms with Crippen molar-refractivity contribution >= 4 is 11.8 Å². The van der Waals surface area contributed by atoms with Crippen molar-refractivity contribution in [2.24, 2.45) is 0 Å². The van der Waals surface area contributed by atoms with Crippen molar-refractivity contribution in [2.75, 3.05) is 6.54 Å². The highest BCUT2D eigenvalue weighted by Crippen LogP contribution is 2.20. The van der Waals surface area contributed by atoms with Crippen LogP contribution in [0, 0.1) is 0 Å². The van der Waals surface area contributed by atoms with Crippen LogP contribution in [-0.2, 0) is 16.0 Å². The minimum absolute atomic E-state index is 0.0333. The maximum Gasteiger partial charge on any atom is 0.247 e. The van der Waals surface area contributed by atoms with E-state index in [1.165, 1.54) is 11.2 Å². The van der Waals surface area contributed by atoms with E-state index in [1.807, 2.05) is 13.8 Å². The fourth-order valence-electron chi connectivity index (χ4n) is 2.73. The summed E-state index contributed by atoms with van der Waals surface area (Å²) >= 11 is 0. The summed E-state index contributed by atoms with van der Waals surface area (Å²) in [7, 11) is 0. The molecule has 1 fully saturated rings. The third kappa shape index (κ3) is 3.66. The molecular weight excluding hydrogens is 270 g/mol. The van der Waals surface area contributed by atoms with Crippen molar-refractivity contribution in [1.82, 2.24) is 25.4 Å². The Morgan fingerprint density at radius 2 is 2.19 bits per heavy atom. The van der Waals surface area contributed by atoms with E-state index in [0.29, 0.717) is 6.54 Å². The lowest BCUT2D eigenvalue weighted by Crippen LogP contribution is -2.43. The van der Waals surface area contributed by atoms with Crippen LogP contribution in [0.5, 0.6) is 0 Å². The highest BCUT2D eigenvalue weighted by Gasteiger charge is 2.40. The fraction of sp³-hybridized carbons (Fsp3) is 0.714. The zero-order valence-electron chi connectivity index (χ0n) is 12.6. The summed E-state index contributed by atoms with van der Waals surface area (Å²) in [4.78, 5) is 29.8. The lowest BCUT2D eigenvalue weighted by atomic mass is 10.1. The highest BCUT2D eigenvalue weighted by molar-refractivity contribution is 6.05. The van der Waals surface area contributed by atoms with E-state index in [-0.39, 0.29) is 30.3 Å². The standard InChI is InChI=1S/C14H23N5O2/c1-3-10(4-2)19-13(20)8-11(14(19)21)15-7-5-6-12-16-9-17-18-12/h9-11,15H,3-8H2,1-2H3,(H,16,17,18). The Kier molecular flexibility index (Phi) is 5.44. The number of hydrogen-bond acceptors (Lipinski definition) is 5. The summed E-state index contributed by atoms with van der Waals surface area (Å²) in [6.07, 6.45) is 5.00. The second kappa shape index (κ2) is 7.31. The number of carbonyl (C=O) groups excluding carboxylic acids is 2. The van der Waals surface area contributed by atoms with Gasteiger partial charge in [-0.3, -0.25) is 19.6 Å². The molecule has 0 spiro atoms. The normalized spacial score (nSPS) is 19.0. The van der Waals surface area contributed by atoms with Crippen LogP contribution in [0.15, 0.2) is 6.33 Å². The summed E-state index contributed by atoms with van der Waals surface area (Å²) < 4.78 is 0. The molecule has 0 radical (unpaired) electrons. The quantitative estimate of drug-likeness (QED) is 0.542. The topological polar surface area (TPSA) is 91.0 Å². The molecule has 0 saturated carbocycles. The number of aromatic amines is 1. The Bertz CT molecular complexity index is 470. The molecule has 1 saturated heterocycles. The number of nitrogens with one attached hydrogen (secondary N) is 2. The van der Waals surface area contributed by atoms with Gasteiger partial charge in [0, 0.05) is 12.5 Å². The summed E-state index contributed by atoms with van der Waals surface area (Å²) in [5.41, 5.74) is 0. The zero-order valence-corrected chi connectivity index (χ0v) is 12.6. The Hall–Kier alpha value is -1.76. The van der Waals surface area contributed by atoms with Crippen LogP contribution in [0.4, 0.5) is 0 Å². The van der Waals surface area contributed by atoms with Gasteiger partial charge in [-0.1, -0.05) is 13.8 Å². The number of amides is 2. The molecule has 1 aromatic rings. The van der Waals surface area contributed by atoms with E-state index in [2.05, 4.69) is 20.5 Å². The fourth-order valence-corrected chi connectivity index (χ4v) is 2.73. The van der Waals surface area contributed by atoms with Crippen molar-refractivity contribution in [1.29, 1.82) is 0 Å². The Morgan fingerprint density at radius 3 is 2.81 bits per heavy atom. The number of imide groups is 1. The summed E-state index contributed by atoms with van der Waals surface area (Å²) in [6.45, 7) is 4.70. The lowest BCUT2D eigenvalue weighted by Gasteiger charge is -2.24. The Labute approximate surface area is 124 Å². The molecule has 0 aromatic carbocycles. The molecule has 1 aliphatic rings. The number of aryl methyl sites for hydroxylation is 1. The van der Waals surface area contributed by atoms with Crippen LogP contribution in [-0.4, -0.2) is 50.5 Å². The third-order valence-corrected chi connectivity index (χ3v) is 3.94. The SMILES string of the molecule is CCC(CC)N1C(=O)CC(NCCCc2ncn[nH]2)C1=O. The van der Waals surface area contributed by atoms with Gasteiger partial charge in [0.1, 0.15) is 12.2 Å². The van der Waals surface area contributed by atoms with Gasteiger partial charge >= 0.3 is 0 Å². The maximum absolute atomic E-state index is 12.3. The summed E-state index contributed by atoms with van der Waals surface area (Å²) in [5, 5.41) is 9.77. The van der Waals surface area contributed by atoms with Gasteiger partial charge in [-0.05, 0) is 25.8 Å². The molecule has 0 bridgehead atoms. The number of H-pyrrole nitrogens is 1. The maximum atomic E-state index is 12.3. The van der Waals surface area contributed by atoms with Gasteiger partial charge in [0.05, 0.1) is 12.5 Å². The van der Waals surface area contributed by atoms with Crippen LogP contribution < -0.4 is 5.32 Å². The summed E-state index contributed by atoms with van der Waals surface area (Å²) in [6, 6.07) is -0.334. The van der Waals surface area contributed by atoms with Crippen LogP contribution >= 0.6 is 0 Å². The number of rotatable bonds is 8. The highest BCUT2D eigenvalue weighted by atomic mass is 16.2. The predicted octanol–water partition coefficient (Wildman–Crippen LogP) is 0.643. The smallest absolute Gasteiger partial charge is 0.247 e. The average molecular weight is 293 g/mol. The molecule has 1 atom stereocenters. The molecule has 2 N–H and O–H groups in total. The molecule has 0 aliphatic carbocycles. The van der Waals surface area contributed by atoms with Gasteiger partial charge in [0.25, 0.3) is 0 Å². The van der Waals surface area contributed by atoms with Gasteiger partial charge < -0.3 is 5.32 Å². The van der Waals surface area contributed by atoms with Gasteiger partial charge in [0.2, 0.25) is 11.8 Å².